The Kier molecular flexibility index (Phi) is 4.42. The van der Waals surface area contributed by atoms with Crippen LogP contribution in [-0.4, -0.2) is 38.4 Å². The molecule has 0 saturated heterocycles. The Morgan fingerprint density at radius 2 is 2.14 bits per heavy atom. The van der Waals surface area contributed by atoms with Crippen molar-refractivity contribution < 1.29 is 4.79 Å². The molecular weight excluding hydrogens is 298 g/mol. The van der Waals surface area contributed by atoms with Crippen LogP contribution in [0.1, 0.15) is 31.6 Å². The maximum absolute atomic E-state index is 12.5. The van der Waals surface area contributed by atoms with E-state index in [0.29, 0.717) is 11.8 Å². The smallest absolute Gasteiger partial charge is 0.239 e. The van der Waals surface area contributed by atoms with E-state index in [1.807, 2.05) is 49.0 Å². The Balaban J connectivity index is 1.58. The largest absolute Gasteiger partial charge is 0.315 e. The van der Waals surface area contributed by atoms with Crippen molar-refractivity contribution in [3.8, 4) is 0 Å². The highest BCUT2D eigenvalue weighted by molar-refractivity contribution is 7.99. The Hall–Kier alpha value is -1.89. The number of amides is 1. The highest BCUT2D eigenvalue weighted by Gasteiger charge is 2.28. The number of benzene rings is 1. The molecule has 0 N–H and O–H groups in total. The highest BCUT2D eigenvalue weighted by atomic mass is 32.2. The molecule has 1 heterocycles. The standard InChI is InChI=1S/C15H19N5OS/c1-11(15(21)19(2)12-6-4-3-5-7-12)22-10-14-16-17-18-20(14)13-8-9-13/h3-7,11,13H,8-10H2,1-2H3/t11-/m1/s1. The van der Waals surface area contributed by atoms with Crippen molar-refractivity contribution in [2.75, 3.05) is 11.9 Å². The van der Waals surface area contributed by atoms with Crippen LogP contribution >= 0.6 is 11.8 Å². The Bertz CT molecular complexity index is 640. The molecule has 1 aromatic carbocycles. The monoisotopic (exact) mass is 317 g/mol. The third-order valence-corrected chi connectivity index (χ3v) is 4.86. The van der Waals surface area contributed by atoms with Gasteiger partial charge in [-0.3, -0.25) is 4.79 Å². The van der Waals surface area contributed by atoms with Gasteiger partial charge in [-0.05, 0) is 42.3 Å². The minimum atomic E-state index is -0.144. The summed E-state index contributed by atoms with van der Waals surface area (Å²) in [5, 5.41) is 11.7. The van der Waals surface area contributed by atoms with Crippen LogP contribution in [0.15, 0.2) is 30.3 Å². The van der Waals surface area contributed by atoms with Gasteiger partial charge in [0.1, 0.15) is 0 Å². The molecule has 1 aliphatic carbocycles. The van der Waals surface area contributed by atoms with E-state index in [9.17, 15) is 4.79 Å². The van der Waals surface area contributed by atoms with Gasteiger partial charge in [-0.2, -0.15) is 0 Å². The molecule has 1 aromatic heterocycles. The molecule has 1 amide bonds. The second-order valence-electron chi connectivity index (χ2n) is 5.46. The van der Waals surface area contributed by atoms with E-state index < -0.39 is 0 Å². The van der Waals surface area contributed by atoms with Crippen LogP contribution in [0.5, 0.6) is 0 Å². The summed E-state index contributed by atoms with van der Waals surface area (Å²) in [7, 11) is 1.81. The first-order valence-corrected chi connectivity index (χ1v) is 8.42. The molecule has 1 fully saturated rings. The Labute approximate surface area is 133 Å². The van der Waals surface area contributed by atoms with Crippen molar-refractivity contribution in [1.82, 2.24) is 20.2 Å². The molecule has 0 spiro atoms. The van der Waals surface area contributed by atoms with Crippen molar-refractivity contribution in [1.29, 1.82) is 0 Å². The number of thioether (sulfide) groups is 1. The van der Waals surface area contributed by atoms with Crippen LogP contribution in [0, 0.1) is 0 Å². The van der Waals surface area contributed by atoms with E-state index in [1.54, 1.807) is 16.7 Å². The lowest BCUT2D eigenvalue weighted by atomic mass is 10.3. The predicted octanol–water partition coefficient (Wildman–Crippen LogP) is 2.29. The molecule has 1 atom stereocenters. The fraction of sp³-hybridized carbons (Fsp3) is 0.467. The number of para-hydroxylation sites is 1. The van der Waals surface area contributed by atoms with Gasteiger partial charge in [0.15, 0.2) is 5.82 Å². The first-order valence-electron chi connectivity index (χ1n) is 7.38. The molecule has 0 bridgehead atoms. The first-order chi connectivity index (χ1) is 10.7. The van der Waals surface area contributed by atoms with Gasteiger partial charge in [-0.25, -0.2) is 4.68 Å². The molecule has 0 aliphatic heterocycles. The zero-order valence-electron chi connectivity index (χ0n) is 12.7. The lowest BCUT2D eigenvalue weighted by molar-refractivity contribution is -0.117. The maximum Gasteiger partial charge on any atom is 0.239 e. The number of nitrogens with zero attached hydrogens (tertiary/aromatic N) is 5. The molecule has 7 heteroatoms. The summed E-state index contributed by atoms with van der Waals surface area (Å²) in [5.74, 6) is 1.59. The number of aromatic nitrogens is 4. The minimum Gasteiger partial charge on any atom is -0.315 e. The number of rotatable bonds is 6. The topological polar surface area (TPSA) is 63.9 Å². The molecule has 0 radical (unpaired) electrons. The van der Waals surface area contributed by atoms with Gasteiger partial charge < -0.3 is 4.90 Å². The summed E-state index contributed by atoms with van der Waals surface area (Å²) in [6.07, 6.45) is 2.29. The fourth-order valence-electron chi connectivity index (χ4n) is 2.23. The summed E-state index contributed by atoms with van der Waals surface area (Å²) in [6.45, 7) is 1.93. The van der Waals surface area contributed by atoms with Crippen LogP contribution in [-0.2, 0) is 10.5 Å². The van der Waals surface area contributed by atoms with E-state index in [0.717, 1.165) is 24.4 Å². The lowest BCUT2D eigenvalue weighted by Crippen LogP contribution is -2.33. The van der Waals surface area contributed by atoms with Gasteiger partial charge in [-0.15, -0.1) is 16.9 Å². The Morgan fingerprint density at radius 1 is 1.41 bits per heavy atom. The average molecular weight is 317 g/mol. The Morgan fingerprint density at radius 3 is 2.82 bits per heavy atom. The van der Waals surface area contributed by atoms with E-state index in [1.165, 1.54) is 0 Å². The number of carbonyl (C=O) groups is 1. The summed E-state index contributed by atoms with van der Waals surface area (Å²) in [5.41, 5.74) is 0.905. The van der Waals surface area contributed by atoms with Crippen LogP contribution in [0.3, 0.4) is 0 Å². The van der Waals surface area contributed by atoms with E-state index >= 15 is 0 Å². The molecule has 116 valence electrons. The van der Waals surface area contributed by atoms with Gasteiger partial charge in [-0.1, -0.05) is 18.2 Å². The van der Waals surface area contributed by atoms with Crippen LogP contribution in [0.4, 0.5) is 5.69 Å². The second kappa shape index (κ2) is 6.48. The van der Waals surface area contributed by atoms with Gasteiger partial charge in [0, 0.05) is 12.7 Å². The molecule has 2 aromatic rings. The van der Waals surface area contributed by atoms with Gasteiger partial charge in [0.05, 0.1) is 17.0 Å². The second-order valence-corrected chi connectivity index (χ2v) is 6.79. The summed E-state index contributed by atoms with van der Waals surface area (Å²) in [4.78, 5) is 14.2. The molecule has 22 heavy (non-hydrogen) atoms. The number of anilines is 1. The molecule has 6 nitrogen and oxygen atoms in total. The third kappa shape index (κ3) is 3.30. The zero-order valence-corrected chi connectivity index (χ0v) is 13.5. The normalized spacial score (nSPS) is 15.5. The first kappa shape index (κ1) is 15.0. The molecule has 0 unspecified atom stereocenters. The van der Waals surface area contributed by atoms with Crippen LogP contribution in [0.25, 0.3) is 0 Å². The lowest BCUT2D eigenvalue weighted by Gasteiger charge is -2.21. The van der Waals surface area contributed by atoms with E-state index in [2.05, 4.69) is 15.5 Å². The molecule has 1 saturated carbocycles. The predicted molar refractivity (Wildman–Crippen MR) is 86.7 cm³/mol. The van der Waals surface area contributed by atoms with Gasteiger partial charge in [0.25, 0.3) is 0 Å². The van der Waals surface area contributed by atoms with Gasteiger partial charge in [0.2, 0.25) is 5.91 Å². The maximum atomic E-state index is 12.5. The highest BCUT2D eigenvalue weighted by Crippen LogP contribution is 2.35. The van der Waals surface area contributed by atoms with Crippen molar-refractivity contribution in [3.63, 3.8) is 0 Å². The number of hydrogen-bond acceptors (Lipinski definition) is 5. The van der Waals surface area contributed by atoms with Crippen molar-refractivity contribution in [3.05, 3.63) is 36.2 Å². The number of hydrogen-bond donors (Lipinski definition) is 0. The fourth-order valence-corrected chi connectivity index (χ4v) is 3.12. The number of carbonyl (C=O) groups excluding carboxylic acids is 1. The molecule has 3 rings (SSSR count). The zero-order chi connectivity index (χ0) is 15.5. The molecule has 1 aliphatic rings. The minimum absolute atomic E-state index is 0.0849. The molecular formula is C15H19N5OS. The van der Waals surface area contributed by atoms with Crippen LogP contribution in [0.2, 0.25) is 0 Å². The average Bonchev–Trinajstić information content (AvgIpc) is 3.30. The van der Waals surface area contributed by atoms with Crippen molar-refractivity contribution in [2.24, 2.45) is 0 Å². The quantitative estimate of drug-likeness (QED) is 0.818. The van der Waals surface area contributed by atoms with E-state index in [-0.39, 0.29) is 11.2 Å². The third-order valence-electron chi connectivity index (χ3n) is 3.74. The van der Waals surface area contributed by atoms with E-state index in [4.69, 9.17) is 0 Å². The van der Waals surface area contributed by atoms with Crippen molar-refractivity contribution in [2.45, 2.75) is 36.8 Å². The van der Waals surface area contributed by atoms with Crippen LogP contribution < -0.4 is 4.90 Å². The summed E-state index contributed by atoms with van der Waals surface area (Å²) < 4.78 is 1.89. The van der Waals surface area contributed by atoms with Gasteiger partial charge >= 0.3 is 0 Å². The SMILES string of the molecule is C[C@@H](SCc1nnnn1C1CC1)C(=O)N(C)c1ccccc1. The number of tetrazole rings is 1. The van der Waals surface area contributed by atoms with Crippen molar-refractivity contribution >= 4 is 23.4 Å². The summed E-state index contributed by atoms with van der Waals surface area (Å²) in [6, 6.07) is 10.1. The summed E-state index contributed by atoms with van der Waals surface area (Å²) >= 11 is 1.57.